The Morgan fingerprint density at radius 3 is 2.41 bits per heavy atom. The van der Waals surface area contributed by atoms with Crippen molar-refractivity contribution in [2.75, 3.05) is 7.11 Å². The van der Waals surface area contributed by atoms with E-state index in [1.54, 1.807) is 24.3 Å². The molecule has 0 aliphatic heterocycles. The lowest BCUT2D eigenvalue weighted by molar-refractivity contribution is -0.144. The van der Waals surface area contributed by atoms with Crippen LogP contribution in [-0.4, -0.2) is 19.0 Å². The summed E-state index contributed by atoms with van der Waals surface area (Å²) in [6, 6.07) is 16.6. The molecule has 0 bridgehead atoms. The summed E-state index contributed by atoms with van der Waals surface area (Å²) in [5.74, 6) is -0.662. The first-order chi connectivity index (χ1) is 10.7. The highest BCUT2D eigenvalue weighted by molar-refractivity contribution is 5.89. The Bertz CT molecular complexity index is 635. The quantitative estimate of drug-likeness (QED) is 0.769. The molecule has 0 unspecified atom stereocenters. The van der Waals surface area contributed by atoms with Gasteiger partial charge in [0.15, 0.2) is 0 Å². The van der Waals surface area contributed by atoms with Crippen LogP contribution in [0.1, 0.15) is 27.9 Å². The number of hydrogen-bond donors (Lipinski definition) is 0. The Labute approximate surface area is 129 Å². The summed E-state index contributed by atoms with van der Waals surface area (Å²) in [6.07, 6.45) is 0.989. The van der Waals surface area contributed by atoms with Gasteiger partial charge in [0.05, 0.1) is 12.7 Å². The molecule has 4 nitrogen and oxygen atoms in total. The molecule has 0 aromatic heterocycles. The minimum Gasteiger partial charge on any atom is -0.465 e. The van der Waals surface area contributed by atoms with E-state index in [2.05, 4.69) is 4.74 Å². The van der Waals surface area contributed by atoms with Crippen LogP contribution >= 0.6 is 0 Å². The van der Waals surface area contributed by atoms with Crippen LogP contribution in [0.4, 0.5) is 0 Å². The van der Waals surface area contributed by atoms with Gasteiger partial charge < -0.3 is 9.47 Å². The molecule has 0 radical (unpaired) electrons. The highest BCUT2D eigenvalue weighted by Crippen LogP contribution is 2.09. The number of carbonyl (C=O) groups excluding carboxylic acids is 2. The van der Waals surface area contributed by atoms with Crippen molar-refractivity contribution < 1.29 is 19.1 Å². The van der Waals surface area contributed by atoms with Crippen molar-refractivity contribution in [3.8, 4) is 0 Å². The Morgan fingerprint density at radius 2 is 1.68 bits per heavy atom. The van der Waals surface area contributed by atoms with Crippen LogP contribution in [0.2, 0.25) is 0 Å². The minimum absolute atomic E-state index is 0.151. The van der Waals surface area contributed by atoms with Crippen LogP contribution in [0.25, 0.3) is 0 Å². The lowest BCUT2D eigenvalue weighted by atomic mass is 10.1. The van der Waals surface area contributed by atoms with Crippen LogP contribution in [0, 0.1) is 0 Å². The van der Waals surface area contributed by atoms with Gasteiger partial charge >= 0.3 is 11.9 Å². The summed E-state index contributed by atoms with van der Waals surface area (Å²) in [5.41, 5.74) is 2.31. The van der Waals surface area contributed by atoms with Gasteiger partial charge in [-0.2, -0.15) is 0 Å². The molecule has 0 heterocycles. The fraction of sp³-hybridized carbons (Fsp3) is 0.222. The summed E-state index contributed by atoms with van der Waals surface area (Å²) in [4.78, 5) is 23.2. The molecule has 0 spiro atoms. The molecule has 0 fully saturated rings. The SMILES string of the molecule is COC(=O)c1cccc(COC(=O)CCc2ccccc2)c1. The lowest BCUT2D eigenvalue weighted by Crippen LogP contribution is -2.07. The molecule has 0 aliphatic carbocycles. The number of benzene rings is 2. The average Bonchev–Trinajstić information content (AvgIpc) is 2.58. The second-order valence-electron chi connectivity index (χ2n) is 4.84. The predicted octanol–water partition coefficient (Wildman–Crippen LogP) is 3.15. The zero-order chi connectivity index (χ0) is 15.8. The van der Waals surface area contributed by atoms with Crippen LogP contribution in [0.5, 0.6) is 0 Å². The molecule has 0 amide bonds. The van der Waals surface area contributed by atoms with E-state index in [-0.39, 0.29) is 12.6 Å². The third kappa shape index (κ3) is 4.74. The molecule has 0 saturated carbocycles. The fourth-order valence-electron chi connectivity index (χ4n) is 2.03. The van der Waals surface area contributed by atoms with Gasteiger partial charge in [-0.3, -0.25) is 4.79 Å². The first-order valence-electron chi connectivity index (χ1n) is 7.06. The molecular weight excluding hydrogens is 280 g/mol. The Balaban J connectivity index is 1.82. The lowest BCUT2D eigenvalue weighted by Gasteiger charge is -2.06. The van der Waals surface area contributed by atoms with Gasteiger partial charge in [-0.25, -0.2) is 4.79 Å². The van der Waals surface area contributed by atoms with Gasteiger partial charge in [0.25, 0.3) is 0 Å². The zero-order valence-corrected chi connectivity index (χ0v) is 12.5. The van der Waals surface area contributed by atoms with E-state index in [9.17, 15) is 9.59 Å². The molecule has 114 valence electrons. The number of rotatable bonds is 6. The predicted molar refractivity (Wildman–Crippen MR) is 82.3 cm³/mol. The van der Waals surface area contributed by atoms with E-state index in [1.165, 1.54) is 7.11 Å². The molecule has 2 rings (SSSR count). The van der Waals surface area contributed by atoms with Gasteiger partial charge in [0.2, 0.25) is 0 Å². The second kappa shape index (κ2) is 7.98. The summed E-state index contributed by atoms with van der Waals surface area (Å²) in [6.45, 7) is 0.151. The van der Waals surface area contributed by atoms with Gasteiger partial charge in [0, 0.05) is 6.42 Å². The van der Waals surface area contributed by atoms with Gasteiger partial charge in [-0.15, -0.1) is 0 Å². The standard InChI is InChI=1S/C18H18O4/c1-21-18(20)16-9-5-8-15(12-16)13-22-17(19)11-10-14-6-3-2-4-7-14/h2-9,12H,10-11,13H2,1H3. The van der Waals surface area contributed by atoms with Crippen LogP contribution < -0.4 is 0 Å². The number of aryl methyl sites for hydroxylation is 1. The van der Waals surface area contributed by atoms with Crippen LogP contribution in [-0.2, 0) is 27.3 Å². The average molecular weight is 298 g/mol. The van der Waals surface area contributed by atoms with Gasteiger partial charge in [-0.1, -0.05) is 42.5 Å². The Hall–Kier alpha value is -2.62. The summed E-state index contributed by atoms with van der Waals surface area (Å²) >= 11 is 0. The van der Waals surface area contributed by atoms with Crippen molar-refractivity contribution in [2.24, 2.45) is 0 Å². The number of esters is 2. The number of carbonyl (C=O) groups is 2. The van der Waals surface area contributed by atoms with Crippen LogP contribution in [0.15, 0.2) is 54.6 Å². The molecule has 22 heavy (non-hydrogen) atoms. The van der Waals surface area contributed by atoms with Crippen molar-refractivity contribution >= 4 is 11.9 Å². The molecule has 0 atom stereocenters. The summed E-state index contributed by atoms with van der Waals surface area (Å²) < 4.78 is 9.88. The normalized spacial score (nSPS) is 10.0. The van der Waals surface area contributed by atoms with Crippen molar-refractivity contribution in [2.45, 2.75) is 19.4 Å². The maximum Gasteiger partial charge on any atom is 0.337 e. The van der Waals surface area contributed by atoms with Crippen molar-refractivity contribution in [1.29, 1.82) is 0 Å². The van der Waals surface area contributed by atoms with Crippen molar-refractivity contribution in [3.63, 3.8) is 0 Å². The van der Waals surface area contributed by atoms with E-state index in [0.717, 1.165) is 11.1 Å². The molecule has 2 aromatic rings. The second-order valence-corrected chi connectivity index (χ2v) is 4.84. The number of ether oxygens (including phenoxy) is 2. The van der Waals surface area contributed by atoms with E-state index < -0.39 is 5.97 Å². The summed E-state index contributed by atoms with van der Waals surface area (Å²) in [7, 11) is 1.33. The Kier molecular flexibility index (Phi) is 5.72. The maximum atomic E-state index is 11.8. The van der Waals surface area contributed by atoms with Gasteiger partial charge in [-0.05, 0) is 29.7 Å². The number of methoxy groups -OCH3 is 1. The first-order valence-corrected chi connectivity index (χ1v) is 7.06. The molecular formula is C18H18O4. The molecule has 4 heteroatoms. The van der Waals surface area contributed by atoms with Crippen molar-refractivity contribution in [1.82, 2.24) is 0 Å². The molecule has 0 aliphatic rings. The van der Waals surface area contributed by atoms with E-state index in [4.69, 9.17) is 4.74 Å². The van der Waals surface area contributed by atoms with E-state index >= 15 is 0 Å². The first kappa shape index (κ1) is 15.8. The van der Waals surface area contributed by atoms with Crippen LogP contribution in [0.3, 0.4) is 0 Å². The highest BCUT2D eigenvalue weighted by atomic mass is 16.5. The smallest absolute Gasteiger partial charge is 0.337 e. The molecule has 0 saturated heterocycles. The minimum atomic E-state index is -0.405. The Morgan fingerprint density at radius 1 is 0.955 bits per heavy atom. The largest absolute Gasteiger partial charge is 0.465 e. The van der Waals surface area contributed by atoms with E-state index in [1.807, 2.05) is 30.3 Å². The monoisotopic (exact) mass is 298 g/mol. The highest BCUT2D eigenvalue weighted by Gasteiger charge is 2.08. The van der Waals surface area contributed by atoms with Gasteiger partial charge in [0.1, 0.15) is 6.61 Å². The fourth-order valence-corrected chi connectivity index (χ4v) is 2.03. The van der Waals surface area contributed by atoms with E-state index in [0.29, 0.717) is 18.4 Å². The third-order valence-corrected chi connectivity index (χ3v) is 3.21. The number of hydrogen-bond acceptors (Lipinski definition) is 4. The zero-order valence-electron chi connectivity index (χ0n) is 12.5. The topological polar surface area (TPSA) is 52.6 Å². The third-order valence-electron chi connectivity index (χ3n) is 3.21. The van der Waals surface area contributed by atoms with Crippen molar-refractivity contribution in [3.05, 3.63) is 71.3 Å². The maximum absolute atomic E-state index is 11.8. The summed E-state index contributed by atoms with van der Waals surface area (Å²) in [5, 5.41) is 0. The molecule has 2 aromatic carbocycles. The molecule has 0 N–H and O–H groups in total.